The van der Waals surface area contributed by atoms with Gasteiger partial charge in [0.2, 0.25) is 0 Å². The number of piperazine rings is 1. The molecule has 1 amide bonds. The van der Waals surface area contributed by atoms with E-state index >= 15 is 0 Å². The van der Waals surface area contributed by atoms with Crippen LogP contribution in [0.5, 0.6) is 0 Å². The Hall–Kier alpha value is -2.15. The first kappa shape index (κ1) is 13.8. The summed E-state index contributed by atoms with van der Waals surface area (Å²) < 4.78 is 0. The molecule has 2 fully saturated rings. The molecule has 1 saturated carbocycles. The molecule has 2 N–H and O–H groups in total. The Morgan fingerprint density at radius 1 is 1.24 bits per heavy atom. The minimum absolute atomic E-state index is 0.107. The predicted molar refractivity (Wildman–Crippen MR) is 78.0 cm³/mol. The van der Waals surface area contributed by atoms with Gasteiger partial charge in [0.05, 0.1) is 10.5 Å². The summed E-state index contributed by atoms with van der Waals surface area (Å²) >= 11 is 0. The third-order valence-electron chi connectivity index (χ3n) is 4.14. The van der Waals surface area contributed by atoms with Crippen molar-refractivity contribution >= 4 is 17.3 Å². The quantitative estimate of drug-likeness (QED) is 0.511. The van der Waals surface area contributed by atoms with E-state index in [1.165, 1.54) is 31.0 Å². The number of amides is 1. The van der Waals surface area contributed by atoms with Gasteiger partial charge in [0.1, 0.15) is 0 Å². The third kappa shape index (κ3) is 2.82. The van der Waals surface area contributed by atoms with Gasteiger partial charge >= 0.3 is 0 Å². The van der Waals surface area contributed by atoms with Gasteiger partial charge in [-0.3, -0.25) is 19.8 Å². The van der Waals surface area contributed by atoms with Crippen LogP contribution in [0, 0.1) is 10.1 Å². The summed E-state index contributed by atoms with van der Waals surface area (Å²) in [7, 11) is 0. The molecule has 1 aromatic carbocycles. The van der Waals surface area contributed by atoms with Crippen molar-refractivity contribution < 1.29 is 9.72 Å². The Morgan fingerprint density at radius 3 is 2.48 bits per heavy atom. The van der Waals surface area contributed by atoms with Gasteiger partial charge in [0.25, 0.3) is 11.6 Å². The number of carbonyl (C=O) groups excluding carboxylic acids is 1. The molecule has 0 atom stereocenters. The number of anilines is 1. The van der Waals surface area contributed by atoms with Crippen LogP contribution in [-0.4, -0.2) is 52.9 Å². The Balaban J connectivity index is 1.72. The maximum Gasteiger partial charge on any atom is 0.270 e. The largest absolute Gasteiger partial charge is 0.398 e. The van der Waals surface area contributed by atoms with E-state index in [9.17, 15) is 14.9 Å². The van der Waals surface area contributed by atoms with E-state index in [0.717, 1.165) is 13.1 Å². The Labute approximate surface area is 122 Å². The van der Waals surface area contributed by atoms with E-state index in [1.54, 1.807) is 4.90 Å². The van der Waals surface area contributed by atoms with Crippen molar-refractivity contribution in [1.82, 2.24) is 9.80 Å². The van der Waals surface area contributed by atoms with E-state index in [0.29, 0.717) is 19.1 Å². The molecule has 7 nitrogen and oxygen atoms in total. The van der Waals surface area contributed by atoms with Crippen LogP contribution in [0.1, 0.15) is 23.2 Å². The topological polar surface area (TPSA) is 92.7 Å². The molecule has 1 aliphatic carbocycles. The van der Waals surface area contributed by atoms with Crippen LogP contribution in [0.3, 0.4) is 0 Å². The second kappa shape index (κ2) is 5.33. The number of carbonyl (C=O) groups is 1. The molecule has 3 rings (SSSR count). The molecule has 1 aliphatic heterocycles. The van der Waals surface area contributed by atoms with Gasteiger partial charge in [0.15, 0.2) is 0 Å². The summed E-state index contributed by atoms with van der Waals surface area (Å²) in [6, 6.07) is 4.71. The lowest BCUT2D eigenvalue weighted by molar-refractivity contribution is -0.384. The third-order valence-corrected chi connectivity index (χ3v) is 4.14. The van der Waals surface area contributed by atoms with Crippen LogP contribution in [0.2, 0.25) is 0 Å². The number of nitrogens with zero attached hydrogens (tertiary/aromatic N) is 3. The molecule has 112 valence electrons. The molecule has 1 aromatic rings. The van der Waals surface area contributed by atoms with Crippen molar-refractivity contribution in [1.29, 1.82) is 0 Å². The molecule has 0 unspecified atom stereocenters. The van der Waals surface area contributed by atoms with Crippen LogP contribution in [-0.2, 0) is 0 Å². The summed E-state index contributed by atoms with van der Waals surface area (Å²) in [6.07, 6.45) is 2.51. The van der Waals surface area contributed by atoms with Crippen LogP contribution < -0.4 is 5.73 Å². The molecular formula is C14H18N4O3. The fraction of sp³-hybridized carbons (Fsp3) is 0.500. The fourth-order valence-corrected chi connectivity index (χ4v) is 2.74. The Bertz CT molecular complexity index is 578. The van der Waals surface area contributed by atoms with Crippen molar-refractivity contribution in [3.05, 3.63) is 33.9 Å². The number of non-ortho nitro benzene ring substituents is 1. The standard InChI is InChI=1S/C14H18N4O3/c15-13-4-3-11(18(20)21)9-12(13)14(19)17-7-5-16(6-8-17)10-1-2-10/h3-4,9-10H,1-2,5-8,15H2. The summed E-state index contributed by atoms with van der Waals surface area (Å²) in [6.45, 7) is 3.03. The molecule has 0 spiro atoms. The number of hydrogen-bond acceptors (Lipinski definition) is 5. The highest BCUT2D eigenvalue weighted by Crippen LogP contribution is 2.28. The normalized spacial score (nSPS) is 19.5. The summed E-state index contributed by atoms with van der Waals surface area (Å²) in [5.74, 6) is -0.216. The van der Waals surface area contributed by atoms with E-state index in [4.69, 9.17) is 5.73 Å². The first-order valence-corrected chi connectivity index (χ1v) is 7.13. The van der Waals surface area contributed by atoms with E-state index in [1.807, 2.05) is 0 Å². The molecule has 7 heteroatoms. The summed E-state index contributed by atoms with van der Waals surface area (Å²) in [5.41, 5.74) is 6.21. The second-order valence-corrected chi connectivity index (χ2v) is 5.59. The highest BCUT2D eigenvalue weighted by atomic mass is 16.6. The van der Waals surface area contributed by atoms with Gasteiger partial charge in [-0.1, -0.05) is 0 Å². The smallest absolute Gasteiger partial charge is 0.270 e. The highest BCUT2D eigenvalue weighted by Gasteiger charge is 2.32. The van der Waals surface area contributed by atoms with Gasteiger partial charge in [-0.15, -0.1) is 0 Å². The lowest BCUT2D eigenvalue weighted by Crippen LogP contribution is -2.49. The van der Waals surface area contributed by atoms with Gasteiger partial charge in [-0.2, -0.15) is 0 Å². The summed E-state index contributed by atoms with van der Waals surface area (Å²) in [4.78, 5) is 26.9. The average Bonchev–Trinajstić information content (AvgIpc) is 3.31. The molecule has 21 heavy (non-hydrogen) atoms. The molecular weight excluding hydrogens is 272 g/mol. The minimum atomic E-state index is -0.513. The lowest BCUT2D eigenvalue weighted by atomic mass is 10.1. The molecule has 0 bridgehead atoms. The maximum atomic E-state index is 12.5. The Kier molecular flexibility index (Phi) is 3.50. The van der Waals surface area contributed by atoms with Gasteiger partial charge in [-0.05, 0) is 18.9 Å². The molecule has 0 aromatic heterocycles. The monoisotopic (exact) mass is 290 g/mol. The van der Waals surface area contributed by atoms with E-state index < -0.39 is 4.92 Å². The molecule has 0 radical (unpaired) electrons. The number of nitrogens with two attached hydrogens (primary N) is 1. The van der Waals surface area contributed by atoms with Crippen LogP contribution >= 0.6 is 0 Å². The number of nitro benzene ring substituents is 1. The predicted octanol–water partition coefficient (Wildman–Crippen LogP) is 1.10. The average molecular weight is 290 g/mol. The highest BCUT2D eigenvalue weighted by molar-refractivity contribution is 5.99. The zero-order chi connectivity index (χ0) is 15.0. The first-order valence-electron chi connectivity index (χ1n) is 7.13. The molecule has 2 aliphatic rings. The van der Waals surface area contributed by atoms with Gasteiger partial charge in [-0.25, -0.2) is 0 Å². The molecule has 1 saturated heterocycles. The molecule has 1 heterocycles. The number of rotatable bonds is 3. The summed E-state index contributed by atoms with van der Waals surface area (Å²) in [5, 5.41) is 10.8. The SMILES string of the molecule is Nc1ccc([N+](=O)[O-])cc1C(=O)N1CCN(C2CC2)CC1. The van der Waals surface area contributed by atoms with Gasteiger partial charge in [0, 0.05) is 50.0 Å². The van der Waals surface area contributed by atoms with Crippen molar-refractivity contribution in [3.63, 3.8) is 0 Å². The van der Waals surface area contributed by atoms with Crippen molar-refractivity contribution in [3.8, 4) is 0 Å². The number of benzene rings is 1. The van der Waals surface area contributed by atoms with Crippen LogP contribution in [0.25, 0.3) is 0 Å². The van der Waals surface area contributed by atoms with Crippen molar-refractivity contribution in [2.45, 2.75) is 18.9 Å². The first-order chi connectivity index (χ1) is 10.1. The van der Waals surface area contributed by atoms with Crippen LogP contribution in [0.4, 0.5) is 11.4 Å². The zero-order valence-corrected chi connectivity index (χ0v) is 11.7. The maximum absolute atomic E-state index is 12.5. The van der Waals surface area contributed by atoms with E-state index in [2.05, 4.69) is 4.90 Å². The number of hydrogen-bond donors (Lipinski definition) is 1. The van der Waals surface area contributed by atoms with Crippen LogP contribution in [0.15, 0.2) is 18.2 Å². The number of nitrogen functional groups attached to an aromatic ring is 1. The fourth-order valence-electron chi connectivity index (χ4n) is 2.74. The van der Waals surface area contributed by atoms with Crippen molar-refractivity contribution in [2.24, 2.45) is 0 Å². The Morgan fingerprint density at radius 2 is 1.90 bits per heavy atom. The lowest BCUT2D eigenvalue weighted by Gasteiger charge is -2.35. The van der Waals surface area contributed by atoms with Crippen molar-refractivity contribution in [2.75, 3.05) is 31.9 Å². The zero-order valence-electron chi connectivity index (χ0n) is 11.7. The van der Waals surface area contributed by atoms with E-state index in [-0.39, 0.29) is 22.8 Å². The second-order valence-electron chi connectivity index (χ2n) is 5.59. The van der Waals surface area contributed by atoms with Gasteiger partial charge < -0.3 is 10.6 Å². The number of nitro groups is 1. The minimum Gasteiger partial charge on any atom is -0.398 e.